The van der Waals surface area contributed by atoms with E-state index in [4.69, 9.17) is 4.74 Å². The van der Waals surface area contributed by atoms with E-state index in [1.807, 2.05) is 6.08 Å². The number of carbonyl (C=O) groups excluding carboxylic acids is 1. The van der Waals surface area contributed by atoms with Crippen LogP contribution in [0, 0.1) is 22.7 Å². The average molecular weight is 332 g/mol. The van der Waals surface area contributed by atoms with E-state index < -0.39 is 12.3 Å². The Hall–Kier alpha value is -1.39. The number of rotatable bonds is 2. The zero-order valence-electron chi connectivity index (χ0n) is 14.8. The maximum Gasteiger partial charge on any atom is 0.333 e. The van der Waals surface area contributed by atoms with E-state index in [1.165, 1.54) is 6.08 Å². The van der Waals surface area contributed by atoms with E-state index in [0.717, 1.165) is 24.8 Å². The van der Waals surface area contributed by atoms with Crippen molar-refractivity contribution < 1.29 is 19.7 Å². The van der Waals surface area contributed by atoms with Crippen LogP contribution in [0.2, 0.25) is 0 Å². The molecule has 5 atom stereocenters. The van der Waals surface area contributed by atoms with Crippen LogP contribution in [0.4, 0.5) is 0 Å². The Kier molecular flexibility index (Phi) is 4.25. The van der Waals surface area contributed by atoms with Crippen LogP contribution in [0.3, 0.4) is 0 Å². The summed E-state index contributed by atoms with van der Waals surface area (Å²) in [5, 5.41) is 20.5. The van der Waals surface area contributed by atoms with Crippen molar-refractivity contribution in [3.05, 3.63) is 36.0 Å². The molecule has 4 nitrogen and oxygen atoms in total. The minimum atomic E-state index is -1.18. The van der Waals surface area contributed by atoms with Gasteiger partial charge in [0.25, 0.3) is 0 Å². The van der Waals surface area contributed by atoms with Gasteiger partial charge >= 0.3 is 5.97 Å². The van der Waals surface area contributed by atoms with Gasteiger partial charge in [-0.1, -0.05) is 51.5 Å². The average Bonchev–Trinajstić information content (AvgIpc) is 2.74. The van der Waals surface area contributed by atoms with Crippen molar-refractivity contribution in [1.29, 1.82) is 0 Å². The second kappa shape index (κ2) is 5.85. The van der Waals surface area contributed by atoms with Gasteiger partial charge in [0.2, 0.25) is 6.29 Å². The number of allylic oxidation sites excluding steroid dienone is 1. The van der Waals surface area contributed by atoms with Gasteiger partial charge in [0.05, 0.1) is 6.10 Å². The lowest BCUT2D eigenvalue weighted by Crippen LogP contribution is -2.55. The summed E-state index contributed by atoms with van der Waals surface area (Å²) in [4.78, 5) is 11.3. The summed E-state index contributed by atoms with van der Waals surface area (Å²) in [6.45, 7) is 11.0. The molecule has 3 aliphatic rings. The fraction of sp³-hybridized carbons (Fsp3) is 0.650. The van der Waals surface area contributed by atoms with Crippen LogP contribution < -0.4 is 0 Å². The first-order chi connectivity index (χ1) is 11.1. The topological polar surface area (TPSA) is 66.8 Å². The van der Waals surface area contributed by atoms with Gasteiger partial charge < -0.3 is 14.9 Å². The third kappa shape index (κ3) is 2.76. The number of ether oxygens (including phenoxy) is 1. The SMILES string of the molecule is C=C1C[C@@H](O)[C@H]2C(C)(C)CCC[C@]2(C)[C@H]1/C=C/C1=CC(=O)O[C@@H]1O. The van der Waals surface area contributed by atoms with Crippen molar-refractivity contribution in [3.63, 3.8) is 0 Å². The number of esters is 1. The lowest BCUT2D eigenvalue weighted by Gasteiger charge is -2.59. The van der Waals surface area contributed by atoms with Crippen LogP contribution >= 0.6 is 0 Å². The third-order valence-electron chi connectivity index (χ3n) is 6.37. The monoisotopic (exact) mass is 332 g/mol. The molecule has 132 valence electrons. The van der Waals surface area contributed by atoms with Gasteiger partial charge in [-0.2, -0.15) is 0 Å². The first-order valence-corrected chi connectivity index (χ1v) is 8.79. The number of cyclic esters (lactones) is 1. The number of aliphatic hydroxyl groups excluding tert-OH is 2. The summed E-state index contributed by atoms with van der Waals surface area (Å²) in [6, 6.07) is 0. The molecule has 0 radical (unpaired) electrons. The predicted octanol–water partition coefficient (Wildman–Crippen LogP) is 3.11. The number of fused-ring (bicyclic) bond motifs is 1. The fourth-order valence-electron chi connectivity index (χ4n) is 5.53. The van der Waals surface area contributed by atoms with E-state index in [-0.39, 0.29) is 28.8 Å². The maximum absolute atomic E-state index is 11.3. The van der Waals surface area contributed by atoms with E-state index in [2.05, 4.69) is 27.4 Å². The molecule has 3 rings (SSSR count). The molecule has 1 heterocycles. The summed E-state index contributed by atoms with van der Waals surface area (Å²) in [7, 11) is 0. The molecule has 24 heavy (non-hydrogen) atoms. The summed E-state index contributed by atoms with van der Waals surface area (Å²) in [6.07, 6.45) is 7.53. The highest BCUT2D eigenvalue weighted by molar-refractivity contribution is 5.86. The van der Waals surface area contributed by atoms with Crippen LogP contribution in [0.15, 0.2) is 36.0 Å². The number of hydrogen-bond acceptors (Lipinski definition) is 4. The third-order valence-corrected chi connectivity index (χ3v) is 6.37. The zero-order chi connectivity index (χ0) is 17.7. The molecule has 1 aliphatic heterocycles. The molecule has 0 aromatic carbocycles. The molecule has 0 amide bonds. The fourth-order valence-corrected chi connectivity index (χ4v) is 5.53. The van der Waals surface area contributed by atoms with Crippen molar-refractivity contribution in [2.75, 3.05) is 0 Å². The molecule has 2 saturated carbocycles. The van der Waals surface area contributed by atoms with Crippen LogP contribution in [-0.4, -0.2) is 28.6 Å². The smallest absolute Gasteiger partial charge is 0.333 e. The lowest BCUT2D eigenvalue weighted by atomic mass is 9.47. The second-order valence-corrected chi connectivity index (χ2v) is 8.53. The zero-order valence-corrected chi connectivity index (χ0v) is 14.8. The number of carbonyl (C=O) groups is 1. The first kappa shape index (κ1) is 17.4. The molecular weight excluding hydrogens is 304 g/mol. The van der Waals surface area contributed by atoms with Crippen LogP contribution in [0.1, 0.15) is 46.5 Å². The molecule has 0 saturated heterocycles. The molecule has 2 N–H and O–H groups in total. The van der Waals surface area contributed by atoms with E-state index in [9.17, 15) is 15.0 Å². The molecule has 0 unspecified atom stereocenters. The largest absolute Gasteiger partial charge is 0.428 e. The molecule has 2 aliphatic carbocycles. The van der Waals surface area contributed by atoms with Gasteiger partial charge in [-0.15, -0.1) is 0 Å². The molecular formula is C20H28O4. The predicted molar refractivity (Wildman–Crippen MR) is 91.8 cm³/mol. The van der Waals surface area contributed by atoms with Gasteiger partial charge in [0.1, 0.15) is 0 Å². The van der Waals surface area contributed by atoms with E-state index >= 15 is 0 Å². The minimum absolute atomic E-state index is 0.0675. The highest BCUT2D eigenvalue weighted by atomic mass is 16.6. The van der Waals surface area contributed by atoms with Crippen LogP contribution in [0.25, 0.3) is 0 Å². The molecule has 2 fully saturated rings. The van der Waals surface area contributed by atoms with Gasteiger partial charge in [0.15, 0.2) is 0 Å². The van der Waals surface area contributed by atoms with Crippen LogP contribution in [-0.2, 0) is 9.53 Å². The molecule has 4 heteroatoms. The molecule has 0 spiro atoms. The molecule has 0 aromatic heterocycles. The summed E-state index contributed by atoms with van der Waals surface area (Å²) < 4.78 is 4.73. The van der Waals surface area contributed by atoms with Crippen molar-refractivity contribution in [2.24, 2.45) is 22.7 Å². The summed E-state index contributed by atoms with van der Waals surface area (Å²) in [5.74, 6) is -0.184. The van der Waals surface area contributed by atoms with Crippen molar-refractivity contribution in [1.82, 2.24) is 0 Å². The standard InChI is InChI=1S/C20H28O4/c1-12-10-15(21)17-19(2,3)8-5-9-20(17,4)14(12)7-6-13-11-16(22)24-18(13)23/h6-7,11,14-15,17-18,21,23H,1,5,8-10H2,2-4H3/b7-6+/t14-,15+,17-,18-,20+/m0/s1. The van der Waals surface area contributed by atoms with E-state index in [1.54, 1.807) is 6.08 Å². The number of aliphatic hydroxyl groups is 2. The maximum atomic E-state index is 11.3. The number of hydrogen-bond donors (Lipinski definition) is 2. The van der Waals surface area contributed by atoms with Crippen molar-refractivity contribution >= 4 is 5.97 Å². The van der Waals surface area contributed by atoms with Gasteiger partial charge in [-0.05, 0) is 36.0 Å². The Morgan fingerprint density at radius 1 is 1.29 bits per heavy atom. The Bertz CT molecular complexity index is 615. The summed E-state index contributed by atoms with van der Waals surface area (Å²) >= 11 is 0. The lowest BCUT2D eigenvalue weighted by molar-refractivity contribution is -0.150. The highest BCUT2D eigenvalue weighted by Gasteiger charge is 2.55. The summed E-state index contributed by atoms with van der Waals surface area (Å²) in [5.41, 5.74) is 1.52. The Labute approximate surface area is 143 Å². The van der Waals surface area contributed by atoms with E-state index in [0.29, 0.717) is 12.0 Å². The first-order valence-electron chi connectivity index (χ1n) is 8.79. The molecule has 0 bridgehead atoms. The van der Waals surface area contributed by atoms with Crippen molar-refractivity contribution in [2.45, 2.75) is 58.8 Å². The Morgan fingerprint density at radius 2 is 2.00 bits per heavy atom. The van der Waals surface area contributed by atoms with Gasteiger partial charge in [0, 0.05) is 17.6 Å². The van der Waals surface area contributed by atoms with Gasteiger partial charge in [-0.25, -0.2) is 4.79 Å². The second-order valence-electron chi connectivity index (χ2n) is 8.53. The molecule has 0 aromatic rings. The quantitative estimate of drug-likeness (QED) is 0.602. The Morgan fingerprint density at radius 3 is 2.62 bits per heavy atom. The van der Waals surface area contributed by atoms with Crippen molar-refractivity contribution in [3.8, 4) is 0 Å². The van der Waals surface area contributed by atoms with Crippen LogP contribution in [0.5, 0.6) is 0 Å². The minimum Gasteiger partial charge on any atom is -0.428 e. The Balaban J connectivity index is 1.93. The highest BCUT2D eigenvalue weighted by Crippen LogP contribution is 2.61. The van der Waals surface area contributed by atoms with Gasteiger partial charge in [-0.3, -0.25) is 0 Å². The normalized spacial score (nSPS) is 42.0.